The average molecular weight is 343 g/mol. The Kier molecular flexibility index (Phi) is 5.41. The molecule has 0 bridgehead atoms. The molecule has 0 aromatic carbocycles. The standard InChI is InChI=1S/C23H34O2/c1-5-15(2)19-10-11-20-18(7-6-12-23(19,20)4)9-8-17-13-21(24)16(3)22(25)14-17/h8-9,20-22,24-25H,3,5-7,10-14H2,1-2,4H3/b18-9+,19-15-/t20?,21-,22-,23-/m1/s1. The summed E-state index contributed by atoms with van der Waals surface area (Å²) in [6, 6.07) is 0. The fraction of sp³-hybridized carbons (Fsp3) is 0.652. The second-order valence-electron chi connectivity index (χ2n) is 8.56. The highest BCUT2D eigenvalue weighted by Crippen LogP contribution is 2.58. The third kappa shape index (κ3) is 3.44. The van der Waals surface area contributed by atoms with Crippen LogP contribution in [-0.4, -0.2) is 22.4 Å². The number of rotatable bonds is 2. The lowest BCUT2D eigenvalue weighted by Gasteiger charge is -2.40. The van der Waals surface area contributed by atoms with Crippen molar-refractivity contribution < 1.29 is 10.2 Å². The van der Waals surface area contributed by atoms with Gasteiger partial charge in [-0.1, -0.05) is 54.9 Å². The van der Waals surface area contributed by atoms with Crippen molar-refractivity contribution in [2.75, 3.05) is 0 Å². The lowest BCUT2D eigenvalue weighted by molar-refractivity contribution is 0.123. The van der Waals surface area contributed by atoms with E-state index in [0.29, 0.717) is 29.7 Å². The summed E-state index contributed by atoms with van der Waals surface area (Å²) in [5.74, 6) is 0.669. The molecule has 3 saturated carbocycles. The van der Waals surface area contributed by atoms with Crippen LogP contribution in [0.3, 0.4) is 0 Å². The predicted molar refractivity (Wildman–Crippen MR) is 104 cm³/mol. The monoisotopic (exact) mass is 342 g/mol. The second-order valence-corrected chi connectivity index (χ2v) is 8.56. The molecular weight excluding hydrogens is 308 g/mol. The normalized spacial score (nSPS) is 39.6. The summed E-state index contributed by atoms with van der Waals surface area (Å²) in [5.41, 5.74) is 6.96. The van der Waals surface area contributed by atoms with Crippen LogP contribution in [0.4, 0.5) is 0 Å². The lowest BCUT2D eigenvalue weighted by Crippen LogP contribution is -2.29. The highest BCUT2D eigenvalue weighted by molar-refractivity contribution is 5.35. The number of hydrogen-bond donors (Lipinski definition) is 2. The van der Waals surface area contributed by atoms with Gasteiger partial charge in [-0.3, -0.25) is 0 Å². The van der Waals surface area contributed by atoms with Crippen molar-refractivity contribution in [1.82, 2.24) is 0 Å². The molecule has 25 heavy (non-hydrogen) atoms. The average Bonchev–Trinajstić information content (AvgIpc) is 2.94. The van der Waals surface area contributed by atoms with Crippen LogP contribution in [0.15, 0.2) is 46.6 Å². The van der Waals surface area contributed by atoms with Crippen molar-refractivity contribution >= 4 is 0 Å². The second kappa shape index (κ2) is 7.25. The summed E-state index contributed by atoms with van der Waals surface area (Å²) in [5, 5.41) is 20.1. The molecule has 0 spiro atoms. The van der Waals surface area contributed by atoms with Gasteiger partial charge < -0.3 is 10.2 Å². The van der Waals surface area contributed by atoms with Crippen LogP contribution in [0.25, 0.3) is 0 Å². The Bertz CT molecular complexity index is 620. The first-order valence-corrected chi connectivity index (χ1v) is 9.99. The third-order valence-corrected chi connectivity index (χ3v) is 7.10. The largest absolute Gasteiger partial charge is 0.388 e. The Morgan fingerprint density at radius 3 is 2.52 bits per heavy atom. The van der Waals surface area contributed by atoms with Gasteiger partial charge in [0.1, 0.15) is 0 Å². The van der Waals surface area contributed by atoms with E-state index in [-0.39, 0.29) is 0 Å². The van der Waals surface area contributed by atoms with Gasteiger partial charge in [-0.25, -0.2) is 0 Å². The third-order valence-electron chi connectivity index (χ3n) is 7.10. The van der Waals surface area contributed by atoms with E-state index in [1.54, 1.807) is 16.7 Å². The molecule has 2 nitrogen and oxygen atoms in total. The molecule has 4 atom stereocenters. The first-order valence-electron chi connectivity index (χ1n) is 9.99. The van der Waals surface area contributed by atoms with Gasteiger partial charge in [0.15, 0.2) is 0 Å². The number of fused-ring (bicyclic) bond motifs is 1. The maximum Gasteiger partial charge on any atom is 0.0809 e. The first kappa shape index (κ1) is 18.7. The summed E-state index contributed by atoms with van der Waals surface area (Å²) in [6.07, 6.45) is 12.0. The zero-order chi connectivity index (χ0) is 18.2. The molecule has 0 radical (unpaired) electrons. The molecule has 2 N–H and O–H groups in total. The topological polar surface area (TPSA) is 40.5 Å². The quantitative estimate of drug-likeness (QED) is 0.674. The van der Waals surface area contributed by atoms with Crippen molar-refractivity contribution in [2.45, 2.75) is 84.3 Å². The molecule has 0 aromatic heterocycles. The molecular formula is C23H34O2. The minimum Gasteiger partial charge on any atom is -0.388 e. The van der Waals surface area contributed by atoms with E-state index >= 15 is 0 Å². The van der Waals surface area contributed by atoms with Gasteiger partial charge in [0.2, 0.25) is 0 Å². The molecule has 0 saturated heterocycles. The van der Waals surface area contributed by atoms with Crippen molar-refractivity contribution in [3.63, 3.8) is 0 Å². The van der Waals surface area contributed by atoms with Crippen LogP contribution < -0.4 is 0 Å². The maximum absolute atomic E-state index is 10.0. The summed E-state index contributed by atoms with van der Waals surface area (Å²) in [7, 11) is 0. The van der Waals surface area contributed by atoms with Gasteiger partial charge >= 0.3 is 0 Å². The zero-order valence-corrected chi connectivity index (χ0v) is 16.1. The van der Waals surface area contributed by atoms with Crippen molar-refractivity contribution in [3.8, 4) is 0 Å². The minimum atomic E-state index is -0.599. The van der Waals surface area contributed by atoms with Crippen LogP contribution in [0.2, 0.25) is 0 Å². The van der Waals surface area contributed by atoms with Crippen LogP contribution in [0.1, 0.15) is 72.1 Å². The van der Waals surface area contributed by atoms with Crippen LogP contribution >= 0.6 is 0 Å². The van der Waals surface area contributed by atoms with E-state index in [1.807, 2.05) is 0 Å². The Morgan fingerprint density at radius 1 is 1.20 bits per heavy atom. The van der Waals surface area contributed by atoms with Crippen molar-refractivity contribution in [1.29, 1.82) is 0 Å². The van der Waals surface area contributed by atoms with Gasteiger partial charge in [0, 0.05) is 0 Å². The maximum atomic E-state index is 10.0. The predicted octanol–water partition coefficient (Wildman–Crippen LogP) is 5.24. The number of allylic oxidation sites excluding steroid dienone is 5. The Labute approximate surface area is 153 Å². The van der Waals surface area contributed by atoms with Crippen LogP contribution in [0, 0.1) is 11.3 Å². The van der Waals surface area contributed by atoms with Gasteiger partial charge in [0.25, 0.3) is 0 Å². The van der Waals surface area contributed by atoms with Crippen LogP contribution in [-0.2, 0) is 0 Å². The Hall–Kier alpha value is -1.12. The lowest BCUT2D eigenvalue weighted by atomic mass is 9.64. The SMILES string of the molecule is C=C1[C@H](O)CC(=C/C=C2\CCC[C@]3(C)/C(=C(/C)CC)CCC23)C[C@H]1O. The molecule has 0 aromatic rings. The number of aliphatic hydroxyl groups excluding tert-OH is 2. The fourth-order valence-electron chi connectivity index (χ4n) is 5.40. The summed E-state index contributed by atoms with van der Waals surface area (Å²) >= 11 is 0. The highest BCUT2D eigenvalue weighted by Gasteiger charge is 2.46. The van der Waals surface area contributed by atoms with Gasteiger partial charge in [-0.2, -0.15) is 0 Å². The molecule has 0 amide bonds. The molecule has 1 unspecified atom stereocenters. The van der Waals surface area contributed by atoms with Gasteiger partial charge in [-0.05, 0) is 75.2 Å². The molecule has 0 heterocycles. The first-order chi connectivity index (χ1) is 11.9. The zero-order valence-electron chi connectivity index (χ0n) is 16.1. The highest BCUT2D eigenvalue weighted by atomic mass is 16.3. The minimum absolute atomic E-state index is 0.350. The number of aliphatic hydroxyl groups is 2. The van der Waals surface area contributed by atoms with E-state index in [0.717, 1.165) is 5.57 Å². The molecule has 138 valence electrons. The van der Waals surface area contributed by atoms with E-state index in [4.69, 9.17) is 0 Å². The number of hydrogen-bond acceptors (Lipinski definition) is 2. The van der Waals surface area contributed by atoms with Gasteiger partial charge in [-0.15, -0.1) is 0 Å². The van der Waals surface area contributed by atoms with Crippen LogP contribution in [0.5, 0.6) is 0 Å². The van der Waals surface area contributed by atoms with Crippen molar-refractivity contribution in [3.05, 3.63) is 46.6 Å². The summed E-state index contributed by atoms with van der Waals surface area (Å²) in [4.78, 5) is 0. The van der Waals surface area contributed by atoms with E-state index < -0.39 is 12.2 Å². The molecule has 3 fully saturated rings. The van der Waals surface area contributed by atoms with E-state index in [1.165, 1.54) is 38.5 Å². The molecule has 3 aliphatic rings. The van der Waals surface area contributed by atoms with Gasteiger partial charge in [0.05, 0.1) is 12.2 Å². The summed E-state index contributed by atoms with van der Waals surface area (Å²) < 4.78 is 0. The molecule has 3 rings (SSSR count). The molecule has 2 heteroatoms. The fourth-order valence-corrected chi connectivity index (χ4v) is 5.40. The van der Waals surface area contributed by atoms with E-state index in [9.17, 15) is 10.2 Å². The summed E-state index contributed by atoms with van der Waals surface area (Å²) in [6.45, 7) is 10.9. The molecule has 0 aliphatic heterocycles. The Balaban J connectivity index is 1.83. The van der Waals surface area contributed by atoms with E-state index in [2.05, 4.69) is 39.5 Å². The van der Waals surface area contributed by atoms with Crippen molar-refractivity contribution in [2.24, 2.45) is 11.3 Å². The smallest absolute Gasteiger partial charge is 0.0809 e. The molecule has 3 aliphatic carbocycles. The Morgan fingerprint density at radius 2 is 1.88 bits per heavy atom.